The van der Waals surface area contributed by atoms with Crippen LogP contribution in [0.15, 0.2) is 35.5 Å². The number of hydrogen-bond acceptors (Lipinski definition) is 7. The number of aliphatic hydroxyl groups is 1. The minimum Gasteiger partial charge on any atom is -0.497 e. The first kappa shape index (κ1) is 29.4. The average molecular weight is 576 g/mol. The quantitative estimate of drug-likeness (QED) is 0.316. The fourth-order valence-corrected chi connectivity index (χ4v) is 6.25. The van der Waals surface area contributed by atoms with Gasteiger partial charge in [0.25, 0.3) is 5.92 Å². The maximum atomic E-state index is 15.0. The molecule has 2 aliphatic heterocycles. The summed E-state index contributed by atoms with van der Waals surface area (Å²) in [6, 6.07) is 4.57. The highest BCUT2D eigenvalue weighted by Gasteiger charge is 2.59. The molecule has 5 rings (SSSR count). The fraction of sp³-hybridized carbons (Fsp3) is 0.633. The number of fused-ring (bicyclic) bond motifs is 1. The molecular weight excluding hydrogens is 536 g/mol. The van der Waals surface area contributed by atoms with E-state index in [0.717, 1.165) is 5.56 Å². The zero-order valence-electron chi connectivity index (χ0n) is 23.7. The number of ketones is 1. The third kappa shape index (κ3) is 6.25. The summed E-state index contributed by atoms with van der Waals surface area (Å²) < 4.78 is 40.5. The number of aliphatic hydroxyl groups excluding tert-OH is 1. The number of benzene rings is 1. The molecule has 1 aromatic rings. The van der Waals surface area contributed by atoms with Gasteiger partial charge in [-0.05, 0) is 76.0 Å². The molecule has 9 nitrogen and oxygen atoms in total. The van der Waals surface area contributed by atoms with Crippen LogP contribution in [0, 0.1) is 11.8 Å². The molecule has 0 bridgehead atoms. The van der Waals surface area contributed by atoms with E-state index in [1.165, 1.54) is 0 Å². The number of hydrogen-bond donors (Lipinski definition) is 4. The second-order valence-corrected chi connectivity index (χ2v) is 12.1. The van der Waals surface area contributed by atoms with E-state index >= 15 is 0 Å². The van der Waals surface area contributed by atoms with Gasteiger partial charge in [0.2, 0.25) is 11.8 Å². The maximum absolute atomic E-state index is 15.0. The lowest BCUT2D eigenvalue weighted by molar-refractivity contribution is -0.132. The number of methoxy groups -OCH3 is 1. The zero-order chi connectivity index (χ0) is 29.5. The van der Waals surface area contributed by atoms with Crippen LogP contribution in [0.2, 0.25) is 0 Å². The van der Waals surface area contributed by atoms with E-state index in [4.69, 9.17) is 9.47 Å². The van der Waals surface area contributed by atoms with Crippen molar-refractivity contribution < 1.29 is 37.7 Å². The average Bonchev–Trinajstić information content (AvgIpc) is 3.70. The summed E-state index contributed by atoms with van der Waals surface area (Å²) in [5.41, 5.74) is -0.0628. The topological polar surface area (TPSA) is 129 Å². The van der Waals surface area contributed by atoms with Gasteiger partial charge in [0.15, 0.2) is 5.78 Å². The molecule has 0 spiro atoms. The second-order valence-electron chi connectivity index (χ2n) is 12.1. The van der Waals surface area contributed by atoms with Crippen LogP contribution in [-0.2, 0) is 25.5 Å². The van der Waals surface area contributed by atoms with E-state index in [1.54, 1.807) is 45.2 Å². The van der Waals surface area contributed by atoms with E-state index in [9.17, 15) is 28.3 Å². The third-order valence-electron chi connectivity index (χ3n) is 8.94. The molecule has 5 atom stereocenters. The molecule has 0 aromatic heterocycles. The van der Waals surface area contributed by atoms with Crippen LogP contribution >= 0.6 is 0 Å². The monoisotopic (exact) mass is 575 g/mol. The van der Waals surface area contributed by atoms with Crippen LogP contribution in [0.1, 0.15) is 57.9 Å². The predicted molar refractivity (Wildman–Crippen MR) is 145 cm³/mol. The van der Waals surface area contributed by atoms with Crippen molar-refractivity contribution >= 4 is 17.6 Å². The van der Waals surface area contributed by atoms with Gasteiger partial charge in [-0.15, -0.1) is 0 Å². The number of epoxide rings is 1. The largest absolute Gasteiger partial charge is 0.497 e. The molecule has 41 heavy (non-hydrogen) atoms. The van der Waals surface area contributed by atoms with Crippen molar-refractivity contribution in [1.82, 2.24) is 16.0 Å². The molecule has 4 N–H and O–H groups in total. The lowest BCUT2D eigenvalue weighted by atomic mass is 9.67. The van der Waals surface area contributed by atoms with E-state index < -0.39 is 47.6 Å². The maximum Gasteiger partial charge on any atom is 0.272 e. The van der Waals surface area contributed by atoms with Crippen LogP contribution in [0.25, 0.3) is 0 Å². The minimum atomic E-state index is -3.05. The fourth-order valence-electron chi connectivity index (χ4n) is 6.25. The summed E-state index contributed by atoms with van der Waals surface area (Å²) in [5, 5.41) is 18.5. The van der Waals surface area contributed by atoms with Crippen LogP contribution in [-0.4, -0.2) is 72.2 Å². The lowest BCUT2D eigenvalue weighted by Gasteiger charge is -2.48. The Morgan fingerprint density at radius 1 is 1.15 bits per heavy atom. The van der Waals surface area contributed by atoms with Gasteiger partial charge in [-0.2, -0.15) is 0 Å². The highest BCUT2D eigenvalue weighted by molar-refractivity contribution is 5.94. The molecule has 2 heterocycles. The number of Topliss-reactive ketones (excluding diaryl/α,β-unsaturated/α-hetero) is 1. The van der Waals surface area contributed by atoms with Gasteiger partial charge in [-0.25, -0.2) is 8.78 Å². The highest BCUT2D eigenvalue weighted by Crippen LogP contribution is 2.53. The van der Waals surface area contributed by atoms with Crippen molar-refractivity contribution in [2.24, 2.45) is 11.8 Å². The Morgan fingerprint density at radius 2 is 1.80 bits per heavy atom. The number of rotatable bonds is 10. The molecule has 11 heteroatoms. The summed E-state index contributed by atoms with van der Waals surface area (Å²) in [7, 11) is 1.54. The molecule has 1 aromatic carbocycles. The highest BCUT2D eigenvalue weighted by atomic mass is 19.3. The number of carbonyl (C=O) groups is 3. The number of ether oxygens (including phenoxy) is 2. The van der Waals surface area contributed by atoms with E-state index in [2.05, 4.69) is 16.0 Å². The van der Waals surface area contributed by atoms with Gasteiger partial charge in [-0.3, -0.25) is 14.4 Å². The Labute approximate surface area is 238 Å². The molecule has 2 saturated carbocycles. The van der Waals surface area contributed by atoms with Crippen molar-refractivity contribution in [1.29, 1.82) is 0 Å². The smallest absolute Gasteiger partial charge is 0.272 e. The molecule has 0 radical (unpaired) electrons. The van der Waals surface area contributed by atoms with Crippen molar-refractivity contribution in [3.8, 4) is 5.75 Å². The van der Waals surface area contributed by atoms with Gasteiger partial charge >= 0.3 is 0 Å². The van der Waals surface area contributed by atoms with E-state index in [0.29, 0.717) is 38.0 Å². The van der Waals surface area contributed by atoms with Gasteiger partial charge < -0.3 is 30.5 Å². The minimum absolute atomic E-state index is 0.0697. The summed E-state index contributed by atoms with van der Waals surface area (Å²) >= 11 is 0. The first-order valence-corrected chi connectivity index (χ1v) is 14.4. The van der Waals surface area contributed by atoms with Crippen molar-refractivity contribution in [3.63, 3.8) is 0 Å². The number of allylic oxidation sites excluding steroid dienone is 1. The van der Waals surface area contributed by atoms with Crippen molar-refractivity contribution in [2.75, 3.05) is 13.7 Å². The summed E-state index contributed by atoms with van der Waals surface area (Å²) in [4.78, 5) is 39.4. The molecular formula is C30H39F2N3O6. The number of halogens is 2. The van der Waals surface area contributed by atoms with Gasteiger partial charge in [0, 0.05) is 23.6 Å². The normalized spacial score (nSPS) is 31.5. The Morgan fingerprint density at radius 3 is 2.39 bits per heavy atom. The number of alkyl halides is 2. The van der Waals surface area contributed by atoms with Crippen LogP contribution in [0.4, 0.5) is 8.78 Å². The van der Waals surface area contributed by atoms with E-state index in [-0.39, 0.29) is 48.1 Å². The van der Waals surface area contributed by atoms with E-state index in [1.807, 2.05) is 0 Å². The first-order valence-electron chi connectivity index (χ1n) is 14.4. The molecule has 4 aliphatic rings. The van der Waals surface area contributed by atoms with Crippen LogP contribution in [0.3, 0.4) is 0 Å². The number of nitrogens with one attached hydrogen (secondary N) is 3. The van der Waals surface area contributed by atoms with Gasteiger partial charge in [-0.1, -0.05) is 12.1 Å². The second kappa shape index (κ2) is 11.3. The van der Waals surface area contributed by atoms with Crippen molar-refractivity contribution in [3.05, 3.63) is 41.1 Å². The zero-order valence-corrected chi connectivity index (χ0v) is 23.7. The van der Waals surface area contributed by atoms with Crippen LogP contribution in [0.5, 0.6) is 5.75 Å². The van der Waals surface area contributed by atoms with Crippen LogP contribution < -0.4 is 20.7 Å². The Balaban J connectivity index is 1.38. The third-order valence-corrected chi connectivity index (χ3v) is 8.94. The first-order chi connectivity index (χ1) is 19.4. The van der Waals surface area contributed by atoms with Gasteiger partial charge in [0.1, 0.15) is 17.4 Å². The SMILES string of the molecule is COc1ccc(CC(NC(=O)C(C)NC(=O)C2CCC(O)CC2)C2=C3C(CC(C(=O)C4(C)CO4)N2)CC3(F)F)cc1. The standard InChI is InChI=1S/C30H39F2N3O6/c1-16(33-28(39)18-6-8-20(36)9-7-18)27(38)35-22(12-17-4-10-21(40-3)11-5-17)25-24-19(14-30(24,31)32)13-23(34-25)26(37)29(2)15-41-29/h4-5,10-11,16,18-20,22-23,34,36H,6-9,12-15H2,1-3H3,(H,33,39)(H,35,38). The molecule has 3 fully saturated rings. The van der Waals surface area contributed by atoms with Crippen molar-refractivity contribution in [2.45, 2.75) is 94.5 Å². The molecule has 1 saturated heterocycles. The lowest BCUT2D eigenvalue weighted by Crippen LogP contribution is -2.59. The molecule has 224 valence electrons. The summed E-state index contributed by atoms with van der Waals surface area (Å²) in [6.07, 6.45) is 1.81. The predicted octanol–water partition coefficient (Wildman–Crippen LogP) is 2.41. The molecule has 5 unspecified atom stereocenters. The Hall–Kier alpha value is -3.05. The Kier molecular flexibility index (Phi) is 8.13. The summed E-state index contributed by atoms with van der Waals surface area (Å²) in [6.45, 7) is 3.54. The summed E-state index contributed by atoms with van der Waals surface area (Å²) in [5.74, 6) is -4.15. The molecule has 2 aliphatic carbocycles. The number of amides is 2. The Bertz CT molecular complexity index is 1210. The molecule has 2 amide bonds. The van der Waals surface area contributed by atoms with Gasteiger partial charge in [0.05, 0.1) is 31.9 Å². The number of carbonyl (C=O) groups excluding carboxylic acids is 3.